The largest absolute Gasteiger partial charge is 0.359 e. The highest BCUT2D eigenvalue weighted by Crippen LogP contribution is 2.23. The van der Waals surface area contributed by atoms with Crippen LogP contribution in [-0.2, 0) is 24.0 Å². The predicted molar refractivity (Wildman–Crippen MR) is 138 cm³/mol. The first-order valence-corrected chi connectivity index (χ1v) is 13.7. The van der Waals surface area contributed by atoms with Gasteiger partial charge in [0, 0.05) is 45.3 Å². The summed E-state index contributed by atoms with van der Waals surface area (Å²) in [6.07, 6.45) is 5.01. The number of imide groups is 1. The summed E-state index contributed by atoms with van der Waals surface area (Å²) in [7, 11) is 1.50. The number of likely N-dealkylation sites (tertiary alicyclic amines) is 1. The molecule has 0 radical (unpaired) electrons. The van der Waals surface area contributed by atoms with E-state index >= 15 is 0 Å². The Hall–Kier alpha value is -2.63. The van der Waals surface area contributed by atoms with Crippen molar-refractivity contribution in [3.63, 3.8) is 0 Å². The molecule has 1 aliphatic heterocycles. The van der Waals surface area contributed by atoms with Crippen molar-refractivity contribution in [2.45, 2.75) is 76.5 Å². The van der Waals surface area contributed by atoms with Crippen LogP contribution in [-0.4, -0.2) is 78.0 Å². The molecule has 12 heteroatoms. The van der Waals surface area contributed by atoms with Crippen molar-refractivity contribution in [3.8, 4) is 0 Å². The van der Waals surface area contributed by atoms with Gasteiger partial charge >= 0.3 is 6.03 Å². The Kier molecular flexibility index (Phi) is 14.1. The van der Waals surface area contributed by atoms with Gasteiger partial charge in [0.15, 0.2) is 5.78 Å². The summed E-state index contributed by atoms with van der Waals surface area (Å²) in [4.78, 5) is 74.0. The maximum absolute atomic E-state index is 13.0. The molecule has 1 heterocycles. The lowest BCUT2D eigenvalue weighted by Crippen LogP contribution is -2.45. The standard InChI is InChI=1S/C24H41N5O6S/c1-15(2)21(17(30)13-16(22(33)26-3)9-8-11-27-24(25)35)28-19(31)10-6-5-7-12-29-20(32)14-18(36-4)23(29)34/h15-16,18,21H,5-14H2,1-4H3,(H,26,33)(H,28,31)(H3,25,27,35)/t16-,18?,21+/m1/s1. The molecule has 1 aliphatic rings. The van der Waals surface area contributed by atoms with Crippen LogP contribution in [0.25, 0.3) is 0 Å². The van der Waals surface area contributed by atoms with Gasteiger partial charge in [-0.05, 0) is 37.9 Å². The molecule has 1 saturated heterocycles. The van der Waals surface area contributed by atoms with E-state index in [0.29, 0.717) is 45.2 Å². The number of carbonyl (C=O) groups excluding carboxylic acids is 6. The van der Waals surface area contributed by atoms with Crippen molar-refractivity contribution >= 4 is 47.2 Å². The minimum atomic E-state index is -0.711. The average Bonchev–Trinajstić information content (AvgIpc) is 3.10. The fraction of sp³-hybridized carbons (Fsp3) is 0.750. The van der Waals surface area contributed by atoms with Gasteiger partial charge < -0.3 is 21.7 Å². The molecule has 11 nitrogen and oxygen atoms in total. The quantitative estimate of drug-likeness (QED) is 0.161. The molecule has 6 amide bonds. The number of hydrogen-bond donors (Lipinski definition) is 4. The van der Waals surface area contributed by atoms with Crippen molar-refractivity contribution < 1.29 is 28.8 Å². The third-order valence-corrected chi connectivity index (χ3v) is 7.13. The van der Waals surface area contributed by atoms with E-state index in [-0.39, 0.29) is 59.8 Å². The Morgan fingerprint density at radius 2 is 1.81 bits per heavy atom. The Balaban J connectivity index is 2.49. The summed E-state index contributed by atoms with van der Waals surface area (Å²) in [5.74, 6) is -1.74. The lowest BCUT2D eigenvalue weighted by Gasteiger charge is -2.24. The molecule has 1 rings (SSSR count). The van der Waals surface area contributed by atoms with E-state index in [1.807, 2.05) is 20.1 Å². The van der Waals surface area contributed by atoms with Crippen molar-refractivity contribution in [3.05, 3.63) is 0 Å². The second-order valence-electron chi connectivity index (χ2n) is 9.33. The molecule has 0 bridgehead atoms. The molecule has 0 spiro atoms. The summed E-state index contributed by atoms with van der Waals surface area (Å²) in [5.41, 5.74) is 5.04. The van der Waals surface area contributed by atoms with Gasteiger partial charge in [-0.25, -0.2) is 4.79 Å². The van der Waals surface area contributed by atoms with E-state index in [1.165, 1.54) is 23.7 Å². The molecule has 204 valence electrons. The van der Waals surface area contributed by atoms with Crippen LogP contribution in [0.2, 0.25) is 0 Å². The van der Waals surface area contributed by atoms with Crippen molar-refractivity contribution in [2.75, 3.05) is 26.4 Å². The van der Waals surface area contributed by atoms with Gasteiger partial charge in [-0.3, -0.25) is 28.9 Å². The van der Waals surface area contributed by atoms with E-state index in [4.69, 9.17) is 5.73 Å². The molecular formula is C24H41N5O6S. The third-order valence-electron chi connectivity index (χ3n) is 6.20. The fourth-order valence-corrected chi connectivity index (χ4v) is 4.77. The summed E-state index contributed by atoms with van der Waals surface area (Å²) in [6, 6.07) is -1.36. The highest BCUT2D eigenvalue weighted by molar-refractivity contribution is 8.00. The molecule has 36 heavy (non-hydrogen) atoms. The van der Waals surface area contributed by atoms with Crippen LogP contribution in [0.3, 0.4) is 0 Å². The number of Topliss-reactive ketones (excluding diaryl/α,β-unsaturated/α-hetero) is 1. The summed E-state index contributed by atoms with van der Waals surface area (Å²) >= 11 is 1.38. The molecule has 0 aliphatic carbocycles. The molecule has 3 atom stereocenters. The van der Waals surface area contributed by atoms with Crippen molar-refractivity contribution in [1.29, 1.82) is 0 Å². The zero-order valence-corrected chi connectivity index (χ0v) is 22.6. The number of nitrogens with one attached hydrogen (secondary N) is 3. The van der Waals surface area contributed by atoms with Crippen LogP contribution in [0.5, 0.6) is 0 Å². The van der Waals surface area contributed by atoms with E-state index < -0.39 is 18.0 Å². The molecular weight excluding hydrogens is 486 g/mol. The summed E-state index contributed by atoms with van der Waals surface area (Å²) < 4.78 is 0. The zero-order chi connectivity index (χ0) is 27.3. The molecule has 0 aromatic heterocycles. The highest BCUT2D eigenvalue weighted by Gasteiger charge is 2.37. The Morgan fingerprint density at radius 3 is 2.36 bits per heavy atom. The molecule has 5 N–H and O–H groups in total. The Morgan fingerprint density at radius 1 is 1.11 bits per heavy atom. The van der Waals surface area contributed by atoms with Crippen LogP contribution in [0.1, 0.15) is 65.2 Å². The van der Waals surface area contributed by atoms with Crippen LogP contribution >= 0.6 is 11.8 Å². The number of unbranched alkanes of at least 4 members (excludes halogenated alkanes) is 2. The molecule has 1 unspecified atom stereocenters. The van der Waals surface area contributed by atoms with Crippen LogP contribution < -0.4 is 21.7 Å². The van der Waals surface area contributed by atoms with Crippen molar-refractivity contribution in [1.82, 2.24) is 20.9 Å². The SMILES string of the molecule is CNC(=O)[C@H](CCCNC(N)=O)CC(=O)[C@@H](NC(=O)CCCCCN1C(=O)CC(SC)C1=O)C(C)C. The highest BCUT2D eigenvalue weighted by atomic mass is 32.2. The molecule has 0 saturated carbocycles. The number of hydrogen-bond acceptors (Lipinski definition) is 7. The molecule has 0 aromatic carbocycles. The lowest BCUT2D eigenvalue weighted by molar-refractivity contribution is -0.138. The maximum atomic E-state index is 13.0. The summed E-state index contributed by atoms with van der Waals surface area (Å²) in [6.45, 7) is 4.33. The zero-order valence-electron chi connectivity index (χ0n) is 21.8. The number of nitrogens with two attached hydrogens (primary N) is 1. The topological polar surface area (TPSA) is 168 Å². The van der Waals surface area contributed by atoms with E-state index in [9.17, 15) is 28.8 Å². The first-order chi connectivity index (χ1) is 17.0. The van der Waals surface area contributed by atoms with Gasteiger partial charge in [0.25, 0.3) is 0 Å². The first kappa shape index (κ1) is 31.4. The van der Waals surface area contributed by atoms with Crippen LogP contribution in [0.4, 0.5) is 4.79 Å². The number of primary amides is 1. The second-order valence-corrected chi connectivity index (χ2v) is 10.4. The van der Waals surface area contributed by atoms with Crippen molar-refractivity contribution in [2.24, 2.45) is 17.6 Å². The number of ketones is 1. The van der Waals surface area contributed by atoms with Gasteiger partial charge in [0.2, 0.25) is 23.6 Å². The maximum Gasteiger partial charge on any atom is 0.312 e. The van der Waals surface area contributed by atoms with Gasteiger partial charge in [-0.15, -0.1) is 0 Å². The predicted octanol–water partition coefficient (Wildman–Crippen LogP) is 0.948. The number of nitrogens with zero attached hydrogens (tertiary/aromatic N) is 1. The normalized spacial score (nSPS) is 17.1. The van der Waals surface area contributed by atoms with E-state index in [2.05, 4.69) is 16.0 Å². The van der Waals surface area contributed by atoms with Gasteiger partial charge in [-0.2, -0.15) is 11.8 Å². The van der Waals surface area contributed by atoms with E-state index in [1.54, 1.807) is 0 Å². The average molecular weight is 528 g/mol. The van der Waals surface area contributed by atoms with Crippen LogP contribution in [0.15, 0.2) is 0 Å². The van der Waals surface area contributed by atoms with Gasteiger partial charge in [-0.1, -0.05) is 20.3 Å². The van der Waals surface area contributed by atoms with E-state index in [0.717, 1.165) is 0 Å². The second kappa shape index (κ2) is 16.2. The fourth-order valence-electron chi connectivity index (χ4n) is 4.13. The van der Waals surface area contributed by atoms with Crippen LogP contribution in [0, 0.1) is 11.8 Å². The first-order valence-electron chi connectivity index (χ1n) is 12.5. The number of carbonyl (C=O) groups is 6. The number of urea groups is 1. The lowest BCUT2D eigenvalue weighted by atomic mass is 9.89. The van der Waals surface area contributed by atoms with Gasteiger partial charge in [0.05, 0.1) is 11.3 Å². The summed E-state index contributed by atoms with van der Waals surface area (Å²) in [5, 5.41) is 7.54. The smallest absolute Gasteiger partial charge is 0.312 e. The molecule has 0 aromatic rings. The number of rotatable bonds is 17. The Bertz CT molecular complexity index is 806. The Labute approximate surface area is 217 Å². The minimum Gasteiger partial charge on any atom is -0.359 e. The molecule has 1 fully saturated rings. The number of thioether (sulfide) groups is 1. The third kappa shape index (κ3) is 10.5. The van der Waals surface area contributed by atoms with Gasteiger partial charge in [0.1, 0.15) is 0 Å². The number of amides is 6. The minimum absolute atomic E-state index is 0.0195. The monoisotopic (exact) mass is 527 g/mol.